The number of hydrogen-bond acceptors (Lipinski definition) is 6. The molecule has 2 aromatic heterocycles. The molecule has 1 atom stereocenters. The zero-order valence-corrected chi connectivity index (χ0v) is 19.4. The lowest BCUT2D eigenvalue weighted by Crippen LogP contribution is -2.55. The molecule has 1 fully saturated rings. The second kappa shape index (κ2) is 10.5. The number of aliphatic carboxylic acids is 1. The Bertz CT molecular complexity index is 1140. The number of nitrogens with one attached hydrogen (secondary N) is 1. The number of carboxylic acids is 1. The molecule has 2 aliphatic rings. The van der Waals surface area contributed by atoms with Crippen molar-refractivity contribution >= 4 is 22.6 Å². The largest absolute Gasteiger partial charge is 0.480 e. The molecule has 1 unspecified atom stereocenters. The molecular formula is C27H32N4O3. The zero-order valence-electron chi connectivity index (χ0n) is 19.4. The van der Waals surface area contributed by atoms with Gasteiger partial charge in [-0.15, -0.1) is 0 Å². The number of aromatic nitrogens is 2. The van der Waals surface area contributed by atoms with Crippen LogP contribution in [0.4, 0.5) is 5.82 Å². The number of unbranched alkanes of at least 4 members (excludes halogenated alkanes) is 2. The van der Waals surface area contributed by atoms with Crippen molar-refractivity contribution in [2.45, 2.75) is 50.7 Å². The second-order valence-corrected chi connectivity index (χ2v) is 9.28. The van der Waals surface area contributed by atoms with E-state index in [-0.39, 0.29) is 6.10 Å². The molecule has 4 heterocycles. The van der Waals surface area contributed by atoms with Crippen LogP contribution in [0.3, 0.4) is 0 Å². The highest BCUT2D eigenvalue weighted by Crippen LogP contribution is 2.32. The average Bonchev–Trinajstić information content (AvgIpc) is 2.84. The number of pyridine rings is 2. The summed E-state index contributed by atoms with van der Waals surface area (Å²) in [5, 5.41) is 15.2. The van der Waals surface area contributed by atoms with E-state index in [1.54, 1.807) is 12.4 Å². The summed E-state index contributed by atoms with van der Waals surface area (Å²) in [6, 6.07) is 11.4. The molecule has 1 aromatic carbocycles. The third kappa shape index (κ3) is 5.05. The van der Waals surface area contributed by atoms with Gasteiger partial charge in [0.05, 0.1) is 6.10 Å². The summed E-state index contributed by atoms with van der Waals surface area (Å²) in [4.78, 5) is 23.0. The van der Waals surface area contributed by atoms with E-state index in [1.807, 2.05) is 29.2 Å². The molecule has 0 saturated carbocycles. The molecule has 0 bridgehead atoms. The number of aryl methyl sites for hydroxylation is 2. The van der Waals surface area contributed by atoms with Crippen molar-refractivity contribution in [2.24, 2.45) is 0 Å². The van der Waals surface area contributed by atoms with Gasteiger partial charge in [-0.3, -0.25) is 14.7 Å². The Morgan fingerprint density at radius 2 is 2.09 bits per heavy atom. The predicted molar refractivity (Wildman–Crippen MR) is 132 cm³/mol. The molecule has 1 saturated heterocycles. The van der Waals surface area contributed by atoms with Crippen molar-refractivity contribution < 1.29 is 14.6 Å². The van der Waals surface area contributed by atoms with Crippen LogP contribution in [0.25, 0.3) is 10.8 Å². The highest BCUT2D eigenvalue weighted by atomic mass is 16.5. The first kappa shape index (κ1) is 22.7. The van der Waals surface area contributed by atoms with Gasteiger partial charge in [0.1, 0.15) is 11.9 Å². The lowest BCUT2D eigenvalue weighted by atomic mass is 9.96. The number of benzene rings is 1. The lowest BCUT2D eigenvalue weighted by Gasteiger charge is -2.42. The van der Waals surface area contributed by atoms with Crippen molar-refractivity contribution in [1.29, 1.82) is 0 Å². The number of likely N-dealkylation sites (tertiary alicyclic amines) is 1. The van der Waals surface area contributed by atoms with Gasteiger partial charge in [-0.1, -0.05) is 30.7 Å². The summed E-state index contributed by atoms with van der Waals surface area (Å²) in [7, 11) is 0. The van der Waals surface area contributed by atoms with Gasteiger partial charge in [0.15, 0.2) is 0 Å². The van der Waals surface area contributed by atoms with E-state index in [1.165, 1.54) is 12.0 Å². The van der Waals surface area contributed by atoms with Gasteiger partial charge >= 0.3 is 5.97 Å². The molecular weight excluding hydrogens is 428 g/mol. The van der Waals surface area contributed by atoms with E-state index in [2.05, 4.69) is 22.4 Å². The fraction of sp³-hybridized carbons (Fsp3) is 0.444. The van der Waals surface area contributed by atoms with Crippen LogP contribution in [0.2, 0.25) is 0 Å². The Morgan fingerprint density at radius 3 is 2.97 bits per heavy atom. The fourth-order valence-corrected chi connectivity index (χ4v) is 5.00. The van der Waals surface area contributed by atoms with Crippen LogP contribution < -0.4 is 5.32 Å². The molecule has 0 amide bonds. The number of anilines is 1. The Labute approximate surface area is 200 Å². The van der Waals surface area contributed by atoms with E-state index in [0.717, 1.165) is 73.1 Å². The molecule has 2 aliphatic heterocycles. The maximum Gasteiger partial charge on any atom is 0.325 e. The Balaban J connectivity index is 1.04. The van der Waals surface area contributed by atoms with Crippen molar-refractivity contribution in [3.63, 3.8) is 0 Å². The first-order valence-electron chi connectivity index (χ1n) is 12.3. The van der Waals surface area contributed by atoms with Gasteiger partial charge in [-0.25, -0.2) is 4.98 Å². The monoisotopic (exact) mass is 460 g/mol. The SMILES string of the molecule is O=C(O)C(c1cccc2cnccc12)N1CC(OCCCCCc2ccc3c(n2)NCCC3)C1. The van der Waals surface area contributed by atoms with Crippen LogP contribution in [0.15, 0.2) is 48.8 Å². The normalized spacial score (nSPS) is 17.1. The molecule has 5 rings (SSSR count). The van der Waals surface area contributed by atoms with Crippen molar-refractivity contribution in [2.75, 3.05) is 31.6 Å². The smallest absolute Gasteiger partial charge is 0.325 e. The number of ether oxygens (including phenoxy) is 1. The van der Waals surface area contributed by atoms with Crippen molar-refractivity contribution in [1.82, 2.24) is 14.9 Å². The topological polar surface area (TPSA) is 87.6 Å². The second-order valence-electron chi connectivity index (χ2n) is 9.28. The Kier molecular flexibility index (Phi) is 7.02. The minimum Gasteiger partial charge on any atom is -0.480 e. The minimum atomic E-state index is -0.825. The van der Waals surface area contributed by atoms with Crippen LogP contribution in [0, 0.1) is 0 Å². The molecule has 34 heavy (non-hydrogen) atoms. The van der Waals surface area contributed by atoms with Crippen LogP contribution in [-0.4, -0.2) is 58.3 Å². The van der Waals surface area contributed by atoms with Gasteiger partial charge < -0.3 is 15.2 Å². The molecule has 2 N–H and O–H groups in total. The van der Waals surface area contributed by atoms with E-state index in [0.29, 0.717) is 13.1 Å². The van der Waals surface area contributed by atoms with Crippen LogP contribution in [0.5, 0.6) is 0 Å². The number of nitrogens with zero attached hydrogens (tertiary/aromatic N) is 3. The van der Waals surface area contributed by atoms with Gasteiger partial charge in [-0.05, 0) is 60.7 Å². The van der Waals surface area contributed by atoms with Gasteiger partial charge in [0, 0.05) is 49.7 Å². The van der Waals surface area contributed by atoms with Crippen LogP contribution in [-0.2, 0) is 22.4 Å². The third-order valence-electron chi connectivity index (χ3n) is 6.87. The van der Waals surface area contributed by atoms with Gasteiger partial charge in [0.25, 0.3) is 0 Å². The third-order valence-corrected chi connectivity index (χ3v) is 6.87. The Morgan fingerprint density at radius 1 is 1.18 bits per heavy atom. The van der Waals surface area contributed by atoms with Crippen molar-refractivity contribution in [3.05, 3.63) is 65.6 Å². The number of fused-ring (bicyclic) bond motifs is 2. The summed E-state index contributed by atoms with van der Waals surface area (Å²) in [5.41, 5.74) is 3.31. The van der Waals surface area contributed by atoms with E-state index >= 15 is 0 Å². The molecule has 7 nitrogen and oxygen atoms in total. The predicted octanol–water partition coefficient (Wildman–Crippen LogP) is 4.23. The number of carboxylic acid groups (broad SMARTS) is 1. The van der Waals surface area contributed by atoms with Gasteiger partial charge in [-0.2, -0.15) is 0 Å². The average molecular weight is 461 g/mol. The van der Waals surface area contributed by atoms with E-state index in [9.17, 15) is 9.90 Å². The summed E-state index contributed by atoms with van der Waals surface area (Å²) < 4.78 is 6.02. The fourth-order valence-electron chi connectivity index (χ4n) is 5.00. The molecule has 3 aromatic rings. The standard InChI is InChI=1S/C27H32N4O3/c32-27(33)25(24-9-4-6-20-16-28-14-12-23(20)24)31-17-22(18-31)34-15-3-1-2-8-21-11-10-19-7-5-13-29-26(19)30-21/h4,6,9-12,14,16,22,25H,1-3,5,7-8,13,15,17-18H2,(H,29,30)(H,32,33). The lowest BCUT2D eigenvalue weighted by molar-refractivity contribution is -0.150. The summed E-state index contributed by atoms with van der Waals surface area (Å²) in [6.45, 7) is 3.02. The quantitative estimate of drug-likeness (QED) is 0.438. The highest BCUT2D eigenvalue weighted by Gasteiger charge is 2.38. The molecule has 0 spiro atoms. The van der Waals surface area contributed by atoms with E-state index < -0.39 is 12.0 Å². The minimum absolute atomic E-state index is 0.104. The van der Waals surface area contributed by atoms with Crippen molar-refractivity contribution in [3.8, 4) is 0 Å². The number of rotatable bonds is 10. The van der Waals surface area contributed by atoms with Crippen LogP contribution >= 0.6 is 0 Å². The van der Waals surface area contributed by atoms with E-state index in [4.69, 9.17) is 9.72 Å². The maximum absolute atomic E-state index is 12.1. The van der Waals surface area contributed by atoms with Gasteiger partial charge in [0.2, 0.25) is 0 Å². The number of hydrogen-bond donors (Lipinski definition) is 2. The summed E-state index contributed by atoms with van der Waals surface area (Å²) in [6.07, 6.45) is 10.1. The molecule has 0 radical (unpaired) electrons. The highest BCUT2D eigenvalue weighted by molar-refractivity contribution is 5.90. The summed E-state index contributed by atoms with van der Waals surface area (Å²) >= 11 is 0. The maximum atomic E-state index is 12.1. The zero-order chi connectivity index (χ0) is 23.3. The molecule has 0 aliphatic carbocycles. The number of carbonyl (C=O) groups is 1. The summed E-state index contributed by atoms with van der Waals surface area (Å²) in [5.74, 6) is 0.246. The van der Waals surface area contributed by atoms with Crippen LogP contribution in [0.1, 0.15) is 48.5 Å². The first-order valence-corrected chi connectivity index (χ1v) is 12.3. The molecule has 178 valence electrons. The molecule has 7 heteroatoms. The first-order chi connectivity index (χ1) is 16.7. The Hall–Kier alpha value is -3.03.